The summed E-state index contributed by atoms with van der Waals surface area (Å²) < 4.78 is 21.3. The lowest BCUT2D eigenvalue weighted by atomic mass is 10.1. The van der Waals surface area contributed by atoms with Gasteiger partial charge in [-0.05, 0) is 43.8 Å². The van der Waals surface area contributed by atoms with Crippen molar-refractivity contribution in [2.75, 3.05) is 6.54 Å². The summed E-state index contributed by atoms with van der Waals surface area (Å²) in [7, 11) is 0. The van der Waals surface area contributed by atoms with Gasteiger partial charge in [-0.2, -0.15) is 0 Å². The number of nitrogens with one attached hydrogen (secondary N) is 1. The number of hydrogen-bond donors (Lipinski definition) is 1. The second kappa shape index (κ2) is 7.38. The maximum absolute atomic E-state index is 13.9. The molecule has 1 atom stereocenters. The largest absolute Gasteiger partial charge is 0.454 e. The molecule has 1 unspecified atom stereocenters. The molecule has 0 saturated heterocycles. The second-order valence-electron chi connectivity index (χ2n) is 4.64. The Hall–Kier alpha value is -0.910. The van der Waals surface area contributed by atoms with Crippen molar-refractivity contribution in [3.63, 3.8) is 0 Å². The summed E-state index contributed by atoms with van der Waals surface area (Å²) in [5.41, 5.74) is 0.988. The Bertz CT molecular complexity index is 634. The zero-order valence-corrected chi connectivity index (χ0v) is 15.0. The fourth-order valence-corrected chi connectivity index (χ4v) is 2.72. The minimum atomic E-state index is -0.397. The van der Waals surface area contributed by atoms with E-state index in [0.717, 1.165) is 16.6 Å². The van der Waals surface area contributed by atoms with Gasteiger partial charge in [-0.15, -0.1) is 0 Å². The number of halogens is 3. The van der Waals surface area contributed by atoms with Crippen LogP contribution in [-0.2, 0) is 0 Å². The van der Waals surface area contributed by atoms with E-state index >= 15 is 0 Å². The van der Waals surface area contributed by atoms with Crippen LogP contribution in [0.5, 0.6) is 11.5 Å². The van der Waals surface area contributed by atoms with Crippen LogP contribution in [0, 0.1) is 5.82 Å². The lowest BCUT2D eigenvalue weighted by molar-refractivity contribution is 0.429. The standard InChI is InChI=1S/C16H16Br2FNO/c1-3-20-10(2)13-6-4-12(18)9-16(13)21-15-7-5-11(17)8-14(15)19/h4-10,20H,3H2,1-2H3. The molecule has 0 aliphatic carbocycles. The minimum absolute atomic E-state index is 0.122. The summed E-state index contributed by atoms with van der Waals surface area (Å²) in [4.78, 5) is 0. The molecule has 0 amide bonds. The van der Waals surface area contributed by atoms with Gasteiger partial charge in [-0.1, -0.05) is 44.8 Å². The van der Waals surface area contributed by atoms with Gasteiger partial charge in [0.15, 0.2) is 11.6 Å². The summed E-state index contributed by atoms with van der Waals surface area (Å²) in [6, 6.07) is 10.7. The van der Waals surface area contributed by atoms with Gasteiger partial charge >= 0.3 is 0 Å². The lowest BCUT2D eigenvalue weighted by Crippen LogP contribution is -2.18. The van der Waals surface area contributed by atoms with E-state index in [-0.39, 0.29) is 11.8 Å². The lowest BCUT2D eigenvalue weighted by Gasteiger charge is -2.18. The molecule has 0 spiro atoms. The van der Waals surface area contributed by atoms with Gasteiger partial charge in [0.25, 0.3) is 0 Å². The van der Waals surface area contributed by atoms with E-state index in [0.29, 0.717) is 10.2 Å². The molecule has 5 heteroatoms. The highest BCUT2D eigenvalue weighted by atomic mass is 79.9. The number of rotatable bonds is 5. The van der Waals surface area contributed by atoms with E-state index in [1.165, 1.54) is 6.07 Å². The van der Waals surface area contributed by atoms with E-state index in [2.05, 4.69) is 44.1 Å². The first-order chi connectivity index (χ1) is 10.0. The van der Waals surface area contributed by atoms with Crippen LogP contribution in [0.4, 0.5) is 4.39 Å². The topological polar surface area (TPSA) is 21.3 Å². The van der Waals surface area contributed by atoms with Crippen molar-refractivity contribution in [3.05, 3.63) is 56.7 Å². The molecule has 0 saturated carbocycles. The van der Waals surface area contributed by atoms with Crippen LogP contribution in [0.2, 0.25) is 0 Å². The third-order valence-corrected chi connectivity index (χ3v) is 4.05. The maximum Gasteiger partial charge on any atom is 0.166 e. The molecule has 112 valence electrons. The average molecular weight is 417 g/mol. The van der Waals surface area contributed by atoms with Crippen LogP contribution in [0.1, 0.15) is 25.5 Å². The quantitative estimate of drug-likeness (QED) is 0.663. The molecule has 2 rings (SSSR count). The Morgan fingerprint density at radius 3 is 2.43 bits per heavy atom. The molecular formula is C16H16Br2FNO. The van der Waals surface area contributed by atoms with Gasteiger partial charge in [0.2, 0.25) is 0 Å². The number of hydrogen-bond acceptors (Lipinski definition) is 2. The van der Waals surface area contributed by atoms with Crippen molar-refractivity contribution in [1.82, 2.24) is 5.32 Å². The molecule has 0 heterocycles. The molecule has 0 aliphatic rings. The highest BCUT2D eigenvalue weighted by Crippen LogP contribution is 2.34. The molecule has 21 heavy (non-hydrogen) atoms. The molecule has 2 aromatic carbocycles. The van der Waals surface area contributed by atoms with Crippen LogP contribution in [-0.4, -0.2) is 6.54 Å². The van der Waals surface area contributed by atoms with Gasteiger partial charge in [-0.25, -0.2) is 4.39 Å². The highest BCUT2D eigenvalue weighted by molar-refractivity contribution is 9.10. The van der Waals surface area contributed by atoms with E-state index in [9.17, 15) is 4.39 Å². The van der Waals surface area contributed by atoms with E-state index in [4.69, 9.17) is 4.74 Å². The monoisotopic (exact) mass is 415 g/mol. The minimum Gasteiger partial charge on any atom is -0.454 e. The zero-order valence-electron chi connectivity index (χ0n) is 11.8. The van der Waals surface area contributed by atoms with Crippen LogP contribution in [0.25, 0.3) is 0 Å². The summed E-state index contributed by atoms with van der Waals surface area (Å²) in [6.07, 6.45) is 0. The predicted molar refractivity (Wildman–Crippen MR) is 90.4 cm³/mol. The first-order valence-corrected chi connectivity index (χ1v) is 8.25. The molecule has 0 aliphatic heterocycles. The Morgan fingerprint density at radius 2 is 1.76 bits per heavy atom. The summed E-state index contributed by atoms with van der Waals surface area (Å²) in [5, 5.41) is 3.33. The smallest absolute Gasteiger partial charge is 0.166 e. The van der Waals surface area contributed by atoms with Crippen molar-refractivity contribution in [2.24, 2.45) is 0 Å². The fourth-order valence-electron chi connectivity index (χ4n) is 2.05. The van der Waals surface area contributed by atoms with Gasteiger partial charge in [0, 0.05) is 20.6 Å². The van der Waals surface area contributed by atoms with Gasteiger partial charge in [-0.3, -0.25) is 0 Å². The van der Waals surface area contributed by atoms with Crippen LogP contribution in [0.15, 0.2) is 45.3 Å². The Kier molecular flexibility index (Phi) is 5.79. The molecule has 2 aromatic rings. The number of benzene rings is 2. The van der Waals surface area contributed by atoms with Gasteiger partial charge in [0.1, 0.15) is 5.75 Å². The molecule has 0 fully saturated rings. The summed E-state index contributed by atoms with van der Waals surface area (Å²) in [5.74, 6) is 0.451. The van der Waals surface area contributed by atoms with E-state index in [1.54, 1.807) is 12.1 Å². The van der Waals surface area contributed by atoms with Gasteiger partial charge < -0.3 is 10.1 Å². The second-order valence-corrected chi connectivity index (χ2v) is 6.47. The van der Waals surface area contributed by atoms with Crippen LogP contribution >= 0.6 is 31.9 Å². The van der Waals surface area contributed by atoms with Crippen LogP contribution < -0.4 is 10.1 Å². The zero-order chi connectivity index (χ0) is 15.4. The van der Waals surface area contributed by atoms with Crippen molar-refractivity contribution in [1.29, 1.82) is 0 Å². The SMILES string of the molecule is CCNC(C)c1ccc(Br)cc1Oc1ccc(Br)cc1F. The van der Waals surface area contributed by atoms with E-state index in [1.807, 2.05) is 25.1 Å². The van der Waals surface area contributed by atoms with Gasteiger partial charge in [0.05, 0.1) is 0 Å². The molecular weight excluding hydrogens is 401 g/mol. The molecule has 1 N–H and O–H groups in total. The molecule has 0 bridgehead atoms. The van der Waals surface area contributed by atoms with Crippen molar-refractivity contribution >= 4 is 31.9 Å². The Morgan fingerprint density at radius 1 is 1.10 bits per heavy atom. The van der Waals surface area contributed by atoms with Crippen molar-refractivity contribution in [3.8, 4) is 11.5 Å². The molecule has 0 aromatic heterocycles. The Labute approximate surface area is 141 Å². The van der Waals surface area contributed by atoms with E-state index < -0.39 is 5.82 Å². The summed E-state index contributed by atoms with van der Waals surface area (Å²) >= 11 is 6.66. The number of ether oxygens (including phenoxy) is 1. The first-order valence-electron chi connectivity index (χ1n) is 6.67. The molecule has 0 radical (unpaired) electrons. The van der Waals surface area contributed by atoms with Crippen LogP contribution in [0.3, 0.4) is 0 Å². The van der Waals surface area contributed by atoms with Crippen molar-refractivity contribution < 1.29 is 9.13 Å². The third-order valence-electron chi connectivity index (χ3n) is 3.07. The maximum atomic E-state index is 13.9. The average Bonchev–Trinajstić information content (AvgIpc) is 2.42. The van der Waals surface area contributed by atoms with Crippen molar-refractivity contribution in [2.45, 2.75) is 19.9 Å². The predicted octanol–water partition coefficient (Wildman–Crippen LogP) is 5.81. The Balaban J connectivity index is 2.35. The first kappa shape index (κ1) is 16.5. The summed E-state index contributed by atoms with van der Waals surface area (Å²) in [6.45, 7) is 4.95. The fraction of sp³-hybridized carbons (Fsp3) is 0.250. The third kappa shape index (κ3) is 4.28. The highest BCUT2D eigenvalue weighted by Gasteiger charge is 2.14. The normalized spacial score (nSPS) is 12.2. The molecule has 2 nitrogen and oxygen atoms in total.